The van der Waals surface area contributed by atoms with Gasteiger partial charge in [0.2, 0.25) is 10.0 Å². The number of nitrogens with zero attached hydrogens (tertiary/aromatic N) is 1. The predicted molar refractivity (Wildman–Crippen MR) is 105 cm³/mol. The zero-order chi connectivity index (χ0) is 19.6. The van der Waals surface area contributed by atoms with Crippen LogP contribution in [0.1, 0.15) is 10.5 Å². The predicted octanol–water partition coefficient (Wildman–Crippen LogP) is 4.27. The second-order valence-electron chi connectivity index (χ2n) is 5.64. The Morgan fingerprint density at radius 3 is 2.41 bits per heavy atom. The summed E-state index contributed by atoms with van der Waals surface area (Å²) in [5.74, 6) is -0.199. The normalized spacial score (nSPS) is 11.2. The van der Waals surface area contributed by atoms with E-state index in [4.69, 9.17) is 27.7 Å². The van der Waals surface area contributed by atoms with Crippen LogP contribution in [0.15, 0.2) is 53.1 Å². The van der Waals surface area contributed by atoms with E-state index in [-0.39, 0.29) is 5.69 Å². The minimum atomic E-state index is -3.41. The lowest BCUT2D eigenvalue weighted by Gasteiger charge is -2.04. The van der Waals surface area contributed by atoms with Gasteiger partial charge in [0.05, 0.1) is 6.26 Å². The molecule has 1 aromatic heterocycles. The molecule has 7 nitrogen and oxygen atoms in total. The van der Waals surface area contributed by atoms with Crippen molar-refractivity contribution < 1.29 is 17.7 Å². The fraction of sp³-hybridized carbons (Fsp3) is 0.0588. The summed E-state index contributed by atoms with van der Waals surface area (Å²) in [6.45, 7) is 0. The van der Waals surface area contributed by atoms with E-state index in [1.807, 2.05) is 0 Å². The molecule has 0 aliphatic rings. The van der Waals surface area contributed by atoms with Crippen molar-refractivity contribution in [1.29, 1.82) is 0 Å². The first-order valence-corrected chi connectivity index (χ1v) is 10.2. The summed E-state index contributed by atoms with van der Waals surface area (Å²) in [5.41, 5.74) is 1.39. The molecule has 0 bridgehead atoms. The third-order valence-corrected chi connectivity index (χ3v) is 4.36. The quantitative estimate of drug-likeness (QED) is 0.635. The fourth-order valence-electron chi connectivity index (χ4n) is 2.29. The van der Waals surface area contributed by atoms with Gasteiger partial charge < -0.3 is 9.84 Å². The Morgan fingerprint density at radius 2 is 1.74 bits per heavy atom. The van der Waals surface area contributed by atoms with Crippen molar-refractivity contribution in [2.45, 2.75) is 0 Å². The minimum Gasteiger partial charge on any atom is -0.355 e. The number of nitrogens with one attached hydrogen (secondary N) is 2. The first-order valence-electron chi connectivity index (χ1n) is 7.52. The summed E-state index contributed by atoms with van der Waals surface area (Å²) < 4.78 is 30.3. The van der Waals surface area contributed by atoms with Crippen molar-refractivity contribution in [2.75, 3.05) is 16.3 Å². The lowest BCUT2D eigenvalue weighted by Crippen LogP contribution is -2.12. The second-order valence-corrected chi connectivity index (χ2v) is 8.27. The smallest absolute Gasteiger partial charge is 0.277 e. The van der Waals surface area contributed by atoms with E-state index >= 15 is 0 Å². The maximum absolute atomic E-state index is 12.3. The van der Waals surface area contributed by atoms with Crippen molar-refractivity contribution in [3.8, 4) is 11.3 Å². The van der Waals surface area contributed by atoms with Crippen LogP contribution in [0.2, 0.25) is 10.0 Å². The highest BCUT2D eigenvalue weighted by Crippen LogP contribution is 2.25. The molecule has 27 heavy (non-hydrogen) atoms. The van der Waals surface area contributed by atoms with Crippen LogP contribution >= 0.6 is 23.2 Å². The molecular formula is C17H13Cl2N3O4S. The molecule has 1 heterocycles. The van der Waals surface area contributed by atoms with Gasteiger partial charge in [0.1, 0.15) is 0 Å². The number of amides is 1. The highest BCUT2D eigenvalue weighted by atomic mass is 35.5. The zero-order valence-electron chi connectivity index (χ0n) is 13.9. The average molecular weight is 426 g/mol. The van der Waals surface area contributed by atoms with E-state index in [9.17, 15) is 13.2 Å². The third-order valence-electron chi connectivity index (χ3n) is 3.31. The number of hydrogen-bond donors (Lipinski definition) is 2. The Labute approximate surface area is 165 Å². The third kappa shape index (κ3) is 5.22. The van der Waals surface area contributed by atoms with E-state index in [0.29, 0.717) is 32.7 Å². The molecule has 0 spiro atoms. The van der Waals surface area contributed by atoms with E-state index in [1.54, 1.807) is 42.5 Å². The van der Waals surface area contributed by atoms with Gasteiger partial charge in [-0.15, -0.1) is 0 Å². The highest BCUT2D eigenvalue weighted by molar-refractivity contribution is 7.92. The maximum Gasteiger partial charge on any atom is 0.277 e. The molecule has 3 aromatic rings. The molecule has 2 N–H and O–H groups in total. The van der Waals surface area contributed by atoms with Crippen molar-refractivity contribution in [2.24, 2.45) is 0 Å². The lowest BCUT2D eigenvalue weighted by atomic mass is 10.1. The van der Waals surface area contributed by atoms with Crippen molar-refractivity contribution in [3.63, 3.8) is 0 Å². The second kappa shape index (κ2) is 7.59. The summed E-state index contributed by atoms with van der Waals surface area (Å²) in [6.07, 6.45) is 1.05. The Bertz CT molecular complexity index is 1090. The first kappa shape index (κ1) is 19.2. The van der Waals surface area contributed by atoms with Crippen LogP contribution in [0.4, 0.5) is 11.4 Å². The van der Waals surface area contributed by atoms with Crippen LogP contribution in [-0.4, -0.2) is 25.7 Å². The van der Waals surface area contributed by atoms with Gasteiger partial charge in [-0.3, -0.25) is 9.52 Å². The summed E-state index contributed by atoms with van der Waals surface area (Å²) in [7, 11) is -3.41. The molecule has 0 atom stereocenters. The molecular weight excluding hydrogens is 413 g/mol. The average Bonchev–Trinajstić information content (AvgIpc) is 3.02. The van der Waals surface area contributed by atoms with Gasteiger partial charge in [-0.25, -0.2) is 8.42 Å². The molecule has 1 amide bonds. The SMILES string of the molecule is CS(=O)(=O)Nc1cccc(-c2cc(C(=O)Nc3cc(Cl)cc(Cl)c3)no2)c1. The Balaban J connectivity index is 1.80. The Morgan fingerprint density at radius 1 is 1.04 bits per heavy atom. The number of aromatic nitrogens is 1. The van der Waals surface area contributed by atoms with Crippen molar-refractivity contribution in [1.82, 2.24) is 5.16 Å². The molecule has 0 unspecified atom stereocenters. The molecule has 0 aliphatic carbocycles. The van der Waals surface area contributed by atoms with Crippen molar-refractivity contribution >= 4 is 50.5 Å². The number of halogens is 2. The number of sulfonamides is 1. The van der Waals surface area contributed by atoms with E-state index in [2.05, 4.69) is 15.2 Å². The Hall–Kier alpha value is -2.55. The molecule has 3 rings (SSSR count). The molecule has 0 fully saturated rings. The molecule has 0 radical (unpaired) electrons. The van der Waals surface area contributed by atoms with Crippen LogP contribution in [0.5, 0.6) is 0 Å². The molecule has 140 valence electrons. The van der Waals surface area contributed by atoms with Gasteiger partial charge in [-0.05, 0) is 30.3 Å². The van der Waals surface area contributed by atoms with Gasteiger partial charge >= 0.3 is 0 Å². The highest BCUT2D eigenvalue weighted by Gasteiger charge is 2.15. The van der Waals surface area contributed by atoms with E-state index in [0.717, 1.165) is 6.26 Å². The van der Waals surface area contributed by atoms with Crippen LogP contribution in [0.25, 0.3) is 11.3 Å². The topological polar surface area (TPSA) is 101 Å². The van der Waals surface area contributed by atoms with E-state index < -0.39 is 15.9 Å². The van der Waals surface area contributed by atoms with Gasteiger partial charge in [-0.1, -0.05) is 40.5 Å². The van der Waals surface area contributed by atoms with Gasteiger partial charge in [0.25, 0.3) is 5.91 Å². The van der Waals surface area contributed by atoms with Crippen LogP contribution in [0, 0.1) is 0 Å². The van der Waals surface area contributed by atoms with Crippen LogP contribution in [-0.2, 0) is 10.0 Å². The lowest BCUT2D eigenvalue weighted by molar-refractivity contribution is 0.101. The zero-order valence-corrected chi connectivity index (χ0v) is 16.2. The number of carbonyl (C=O) groups excluding carboxylic acids is 1. The molecule has 10 heteroatoms. The van der Waals surface area contributed by atoms with Gasteiger partial charge in [-0.2, -0.15) is 0 Å². The summed E-state index contributed by atoms with van der Waals surface area (Å²) in [5, 5.41) is 7.14. The molecule has 0 saturated carbocycles. The van der Waals surface area contributed by atoms with Gasteiger partial charge in [0.15, 0.2) is 11.5 Å². The standard InChI is InChI=1S/C17H13Cl2N3O4S/c1-27(24,25)22-13-4-2-3-10(5-13)16-9-15(21-26-16)17(23)20-14-7-11(18)6-12(19)8-14/h2-9,22H,1H3,(H,20,23). The minimum absolute atomic E-state index is 0.0440. The van der Waals surface area contributed by atoms with Gasteiger partial charge in [0, 0.05) is 33.0 Å². The maximum atomic E-state index is 12.3. The van der Waals surface area contributed by atoms with Crippen LogP contribution < -0.4 is 10.0 Å². The summed E-state index contributed by atoms with van der Waals surface area (Å²) in [4.78, 5) is 12.3. The first-order chi connectivity index (χ1) is 12.7. The van der Waals surface area contributed by atoms with E-state index in [1.165, 1.54) is 6.07 Å². The monoisotopic (exact) mass is 425 g/mol. The number of benzene rings is 2. The number of hydrogen-bond acceptors (Lipinski definition) is 5. The number of anilines is 2. The molecule has 0 saturated heterocycles. The summed E-state index contributed by atoms with van der Waals surface area (Å²) in [6, 6.07) is 12.6. The molecule has 0 aliphatic heterocycles. The number of carbonyl (C=O) groups is 1. The summed E-state index contributed by atoms with van der Waals surface area (Å²) >= 11 is 11.8. The molecule has 2 aromatic carbocycles. The van der Waals surface area contributed by atoms with Crippen LogP contribution in [0.3, 0.4) is 0 Å². The van der Waals surface area contributed by atoms with Crippen molar-refractivity contribution in [3.05, 3.63) is 64.3 Å². The fourth-order valence-corrected chi connectivity index (χ4v) is 3.37. The number of rotatable bonds is 5. The largest absolute Gasteiger partial charge is 0.355 e. The Kier molecular flexibility index (Phi) is 5.41.